The van der Waals surface area contributed by atoms with Crippen LogP contribution in [-0.2, 0) is 0 Å². The lowest BCUT2D eigenvalue weighted by molar-refractivity contribution is -0.287. The number of halogens is 3. The van der Waals surface area contributed by atoms with E-state index in [1.807, 2.05) is 24.3 Å². The van der Waals surface area contributed by atoms with Crippen molar-refractivity contribution in [1.82, 2.24) is 0 Å². The largest absolute Gasteiger partial charge is 0.586 e. The molecule has 0 N–H and O–H groups in total. The molecule has 0 fully saturated rings. The molecule has 0 bridgehead atoms. The molecular formula is C29H24F2IO3P. The number of para-hydroxylation sites is 1. The van der Waals surface area contributed by atoms with Gasteiger partial charge in [0.05, 0.1) is 3.57 Å². The van der Waals surface area contributed by atoms with E-state index in [9.17, 15) is 8.78 Å². The average molecular weight is 616 g/mol. The van der Waals surface area contributed by atoms with Crippen molar-refractivity contribution in [3.63, 3.8) is 0 Å². The van der Waals surface area contributed by atoms with Gasteiger partial charge >= 0.3 is 6.29 Å². The molecule has 0 saturated carbocycles. The molecule has 5 rings (SSSR count). The lowest BCUT2D eigenvalue weighted by Gasteiger charge is -2.24. The van der Waals surface area contributed by atoms with Crippen molar-refractivity contribution in [2.75, 3.05) is 0 Å². The fraction of sp³-hybridized carbons (Fsp3) is 0.172. The first kappa shape index (κ1) is 25.0. The fourth-order valence-electron chi connectivity index (χ4n) is 4.47. The van der Waals surface area contributed by atoms with E-state index in [2.05, 4.69) is 86.7 Å². The van der Waals surface area contributed by atoms with Crippen molar-refractivity contribution < 1.29 is 23.0 Å². The van der Waals surface area contributed by atoms with Gasteiger partial charge in [0.15, 0.2) is 11.5 Å². The summed E-state index contributed by atoms with van der Waals surface area (Å²) >= 11 is 2.10. The lowest BCUT2D eigenvalue weighted by Crippen LogP contribution is -2.26. The van der Waals surface area contributed by atoms with E-state index in [-0.39, 0.29) is 17.2 Å². The Balaban J connectivity index is 1.77. The van der Waals surface area contributed by atoms with E-state index in [1.54, 1.807) is 12.1 Å². The quantitative estimate of drug-likeness (QED) is 0.173. The van der Waals surface area contributed by atoms with Crippen LogP contribution in [0.4, 0.5) is 8.78 Å². The molecule has 0 aliphatic carbocycles. The van der Waals surface area contributed by atoms with Crippen molar-refractivity contribution in [1.29, 1.82) is 0 Å². The van der Waals surface area contributed by atoms with E-state index < -0.39 is 14.2 Å². The highest BCUT2D eigenvalue weighted by molar-refractivity contribution is 14.1. The van der Waals surface area contributed by atoms with Gasteiger partial charge in [0.1, 0.15) is 5.75 Å². The zero-order valence-corrected chi connectivity index (χ0v) is 23.3. The van der Waals surface area contributed by atoms with E-state index in [0.717, 1.165) is 38.2 Å². The summed E-state index contributed by atoms with van der Waals surface area (Å²) in [6, 6.07) is 23.8. The SMILES string of the molecule is Cc1cc(C)cc(P(c2cc(C)cc(C)c2)c2cc(Oc3ccccc3)c3c(c2I)OC(F)(F)O3)c1. The minimum absolute atomic E-state index is 0.00489. The maximum atomic E-state index is 14.3. The predicted molar refractivity (Wildman–Crippen MR) is 150 cm³/mol. The van der Waals surface area contributed by atoms with Crippen molar-refractivity contribution in [2.45, 2.75) is 34.0 Å². The number of hydrogen-bond donors (Lipinski definition) is 0. The first-order valence-electron chi connectivity index (χ1n) is 11.4. The molecule has 4 aromatic carbocycles. The summed E-state index contributed by atoms with van der Waals surface area (Å²) in [7, 11) is -1.13. The van der Waals surface area contributed by atoms with Crippen LogP contribution in [0.15, 0.2) is 72.8 Å². The number of fused-ring (bicyclic) bond motifs is 1. The second-order valence-corrected chi connectivity index (χ2v) is 12.2. The minimum atomic E-state index is -3.77. The van der Waals surface area contributed by atoms with Gasteiger partial charge in [0, 0.05) is 5.30 Å². The topological polar surface area (TPSA) is 27.7 Å². The van der Waals surface area contributed by atoms with Crippen LogP contribution in [-0.4, -0.2) is 6.29 Å². The summed E-state index contributed by atoms with van der Waals surface area (Å²) in [5, 5.41) is 3.12. The number of alkyl halides is 2. The summed E-state index contributed by atoms with van der Waals surface area (Å²) in [4.78, 5) is 0. The van der Waals surface area contributed by atoms with E-state index in [4.69, 9.17) is 14.2 Å². The summed E-state index contributed by atoms with van der Waals surface area (Å²) in [6.45, 7) is 8.28. The van der Waals surface area contributed by atoms with Crippen molar-refractivity contribution in [2.24, 2.45) is 0 Å². The third kappa shape index (κ3) is 5.07. The number of ether oxygens (including phenoxy) is 3. The van der Waals surface area contributed by atoms with Gasteiger partial charge in [-0.3, -0.25) is 0 Å². The van der Waals surface area contributed by atoms with Gasteiger partial charge in [-0.05, 0) is 87.0 Å². The summed E-state index contributed by atoms with van der Waals surface area (Å²) < 4.78 is 45.3. The van der Waals surface area contributed by atoms with Crippen LogP contribution in [0, 0.1) is 31.3 Å². The molecular weight excluding hydrogens is 592 g/mol. The van der Waals surface area contributed by atoms with Crippen LogP contribution in [0.5, 0.6) is 23.0 Å². The van der Waals surface area contributed by atoms with Crippen LogP contribution >= 0.6 is 30.5 Å². The van der Waals surface area contributed by atoms with E-state index in [1.165, 1.54) is 0 Å². The predicted octanol–water partition coefficient (Wildman–Crippen LogP) is 7.40. The normalized spacial score (nSPS) is 13.8. The van der Waals surface area contributed by atoms with Gasteiger partial charge < -0.3 is 14.2 Å². The van der Waals surface area contributed by atoms with Crippen LogP contribution in [0.3, 0.4) is 0 Å². The number of hydrogen-bond acceptors (Lipinski definition) is 3. The van der Waals surface area contributed by atoms with Crippen LogP contribution in [0.2, 0.25) is 0 Å². The molecule has 0 atom stereocenters. The molecule has 0 unspecified atom stereocenters. The van der Waals surface area contributed by atoms with Gasteiger partial charge in [-0.25, -0.2) is 0 Å². The third-order valence-electron chi connectivity index (χ3n) is 5.71. The van der Waals surface area contributed by atoms with Crippen molar-refractivity contribution in [3.05, 3.63) is 98.6 Å². The Kier molecular flexibility index (Phi) is 6.69. The summed E-state index contributed by atoms with van der Waals surface area (Å²) in [5.41, 5.74) is 4.57. The van der Waals surface area contributed by atoms with Crippen LogP contribution in [0.1, 0.15) is 22.3 Å². The molecule has 0 aromatic heterocycles. The Bertz CT molecular complexity index is 1370. The molecule has 7 heteroatoms. The highest BCUT2D eigenvalue weighted by atomic mass is 127. The molecule has 36 heavy (non-hydrogen) atoms. The highest BCUT2D eigenvalue weighted by Crippen LogP contribution is 2.52. The van der Waals surface area contributed by atoms with Crippen molar-refractivity contribution >= 4 is 46.4 Å². The molecule has 0 radical (unpaired) electrons. The Hall–Kier alpha value is -2.70. The molecule has 1 aliphatic heterocycles. The minimum Gasteiger partial charge on any atom is -0.453 e. The zero-order valence-electron chi connectivity index (χ0n) is 20.2. The Labute approximate surface area is 224 Å². The molecule has 0 amide bonds. The Morgan fingerprint density at radius 2 is 1.22 bits per heavy atom. The molecule has 3 nitrogen and oxygen atoms in total. The summed E-state index contributed by atoms with van der Waals surface area (Å²) in [6.07, 6.45) is -3.77. The number of benzene rings is 4. The smallest absolute Gasteiger partial charge is 0.453 e. The second kappa shape index (κ2) is 9.64. The average Bonchev–Trinajstić information content (AvgIpc) is 3.12. The maximum Gasteiger partial charge on any atom is 0.586 e. The zero-order chi connectivity index (χ0) is 25.6. The molecule has 0 spiro atoms. The standard InChI is InChI=1S/C29H24F2IO3P/c1-17-10-18(2)13-22(12-17)36(23-14-19(3)11-20(4)15-23)25-16-24(33-21-8-6-5-7-9-21)27-28(26(25)32)35-29(30,31)34-27/h5-16H,1-4H3. The molecule has 1 aliphatic rings. The first-order valence-corrected chi connectivity index (χ1v) is 13.8. The molecule has 184 valence electrons. The third-order valence-corrected chi connectivity index (χ3v) is 9.59. The van der Waals surface area contributed by atoms with Crippen LogP contribution in [0.25, 0.3) is 0 Å². The maximum absolute atomic E-state index is 14.3. The number of aryl methyl sites for hydroxylation is 4. The van der Waals surface area contributed by atoms with Gasteiger partial charge in [0.25, 0.3) is 0 Å². The summed E-state index contributed by atoms with van der Waals surface area (Å²) in [5.74, 6) is 0.635. The monoisotopic (exact) mass is 616 g/mol. The van der Waals surface area contributed by atoms with E-state index >= 15 is 0 Å². The van der Waals surface area contributed by atoms with E-state index in [0.29, 0.717) is 9.32 Å². The Morgan fingerprint density at radius 3 is 1.75 bits per heavy atom. The number of rotatable bonds is 5. The highest BCUT2D eigenvalue weighted by Gasteiger charge is 2.47. The van der Waals surface area contributed by atoms with Gasteiger partial charge in [-0.2, -0.15) is 0 Å². The Morgan fingerprint density at radius 1 is 0.722 bits per heavy atom. The lowest BCUT2D eigenvalue weighted by atomic mass is 10.2. The molecule has 4 aromatic rings. The van der Waals surface area contributed by atoms with Gasteiger partial charge in [-0.1, -0.05) is 76.9 Å². The van der Waals surface area contributed by atoms with Crippen molar-refractivity contribution in [3.8, 4) is 23.0 Å². The van der Waals surface area contributed by atoms with Gasteiger partial charge in [0.2, 0.25) is 5.75 Å². The molecule has 0 saturated heterocycles. The van der Waals surface area contributed by atoms with Crippen LogP contribution < -0.4 is 30.1 Å². The van der Waals surface area contributed by atoms with Gasteiger partial charge in [-0.15, -0.1) is 8.78 Å². The fourth-order valence-corrected chi connectivity index (χ4v) is 8.43. The molecule has 1 heterocycles. The first-order chi connectivity index (χ1) is 17.1. The second-order valence-electron chi connectivity index (χ2n) is 8.98.